The van der Waals surface area contributed by atoms with Gasteiger partial charge in [-0.15, -0.1) is 0 Å². The number of Topliss-reactive ketones (excluding diaryl/α,β-unsaturated/α-hetero) is 2. The molecule has 0 radical (unpaired) electrons. The molecule has 1 aromatic rings. The summed E-state index contributed by atoms with van der Waals surface area (Å²) in [5.74, 6) is -0.594. The third kappa shape index (κ3) is 6.57. The van der Waals surface area contributed by atoms with Gasteiger partial charge in [0, 0.05) is 24.7 Å². The molecule has 7 heteroatoms. The van der Waals surface area contributed by atoms with Crippen molar-refractivity contribution in [3.05, 3.63) is 30.3 Å². The lowest BCUT2D eigenvalue weighted by molar-refractivity contribution is -1.01. The fourth-order valence-electron chi connectivity index (χ4n) is 4.31. The minimum Gasteiger partial charge on any atom is -0.324 e. The molecule has 0 unspecified atom stereocenters. The molecule has 1 aliphatic heterocycles. The number of carbonyl (C=O) groups is 3. The molecule has 0 spiro atoms. The highest BCUT2D eigenvalue weighted by molar-refractivity contribution is 6.16. The summed E-state index contributed by atoms with van der Waals surface area (Å²) in [6, 6.07) is 9.54. The van der Waals surface area contributed by atoms with Crippen molar-refractivity contribution in [3.8, 4) is 0 Å². The average Bonchev–Trinajstić information content (AvgIpc) is 2.68. The van der Waals surface area contributed by atoms with E-state index in [4.69, 9.17) is 0 Å². The van der Waals surface area contributed by atoms with Crippen molar-refractivity contribution in [2.75, 3.05) is 51.1 Å². The number of aliphatic imine (C=N–C) groups is 1. The van der Waals surface area contributed by atoms with Gasteiger partial charge in [0.15, 0.2) is 6.54 Å². The Labute approximate surface area is 178 Å². The smallest absolute Gasteiger partial charge is 0.279 e. The van der Waals surface area contributed by atoms with Crippen LogP contribution in [0.3, 0.4) is 0 Å². The van der Waals surface area contributed by atoms with E-state index in [1.807, 2.05) is 44.2 Å². The number of hydrogen-bond acceptors (Lipinski definition) is 4. The SMILES string of the molecule is CC1(C)CC(=O)C(C=NCC[NH+]2CC[NH+](CC(=O)Nc3ccccc3)CC2)C(=O)C1. The van der Waals surface area contributed by atoms with E-state index in [1.165, 1.54) is 9.80 Å². The standard InChI is InChI=1S/C23H32N4O3/c1-23(2)14-20(28)19(21(29)15-23)16-24-8-9-26-10-12-27(13-11-26)17-22(30)25-18-6-4-3-5-7-18/h3-7,16,19H,8-15,17H2,1-2H3,(H,25,30)/p+2. The van der Waals surface area contributed by atoms with Gasteiger partial charge in [-0.3, -0.25) is 19.4 Å². The van der Waals surface area contributed by atoms with Gasteiger partial charge in [0.05, 0.1) is 13.1 Å². The lowest BCUT2D eigenvalue weighted by Gasteiger charge is -2.30. The Kier molecular flexibility index (Phi) is 7.50. The number of quaternary nitrogens is 2. The summed E-state index contributed by atoms with van der Waals surface area (Å²) in [6.07, 6.45) is 2.47. The number of hydrogen-bond donors (Lipinski definition) is 3. The maximum Gasteiger partial charge on any atom is 0.279 e. The predicted octanol–water partition coefficient (Wildman–Crippen LogP) is -0.946. The van der Waals surface area contributed by atoms with E-state index < -0.39 is 5.92 Å². The number of para-hydroxylation sites is 1. The Morgan fingerprint density at radius 1 is 1.07 bits per heavy atom. The van der Waals surface area contributed by atoms with E-state index in [9.17, 15) is 14.4 Å². The fraction of sp³-hybridized carbons (Fsp3) is 0.565. The first-order chi connectivity index (χ1) is 14.3. The number of nitrogens with one attached hydrogen (secondary N) is 3. The van der Waals surface area contributed by atoms with E-state index in [1.54, 1.807) is 6.21 Å². The Balaban J connectivity index is 1.34. The van der Waals surface area contributed by atoms with Crippen molar-refractivity contribution < 1.29 is 24.2 Å². The molecule has 1 saturated carbocycles. The number of carbonyl (C=O) groups excluding carboxylic acids is 3. The molecular formula is C23H34N4O3+2. The van der Waals surface area contributed by atoms with Crippen LogP contribution < -0.4 is 15.1 Å². The van der Waals surface area contributed by atoms with Gasteiger partial charge >= 0.3 is 0 Å². The summed E-state index contributed by atoms with van der Waals surface area (Å²) in [4.78, 5) is 43.8. The zero-order valence-electron chi connectivity index (χ0n) is 18.1. The van der Waals surface area contributed by atoms with Gasteiger partial charge in [-0.1, -0.05) is 32.0 Å². The summed E-state index contributed by atoms with van der Waals surface area (Å²) in [5, 5.41) is 2.94. The highest BCUT2D eigenvalue weighted by atomic mass is 16.2. The van der Waals surface area contributed by atoms with E-state index in [2.05, 4.69) is 10.3 Å². The molecule has 1 aliphatic carbocycles. The van der Waals surface area contributed by atoms with Crippen LogP contribution in [0, 0.1) is 11.3 Å². The molecule has 2 fully saturated rings. The molecule has 0 bridgehead atoms. The fourth-order valence-corrected chi connectivity index (χ4v) is 4.31. The predicted molar refractivity (Wildman–Crippen MR) is 116 cm³/mol. The van der Waals surface area contributed by atoms with Crippen LogP contribution in [0.5, 0.6) is 0 Å². The number of nitrogens with zero attached hydrogens (tertiary/aromatic N) is 1. The van der Waals surface area contributed by atoms with Crippen molar-refractivity contribution in [1.29, 1.82) is 0 Å². The van der Waals surface area contributed by atoms with Gasteiger partial charge in [0.1, 0.15) is 43.7 Å². The van der Waals surface area contributed by atoms with Crippen LogP contribution in [0.2, 0.25) is 0 Å². The molecule has 3 rings (SSSR count). The summed E-state index contributed by atoms with van der Waals surface area (Å²) < 4.78 is 0. The molecular weight excluding hydrogens is 380 g/mol. The largest absolute Gasteiger partial charge is 0.324 e. The zero-order valence-corrected chi connectivity index (χ0v) is 18.1. The van der Waals surface area contributed by atoms with Gasteiger partial charge in [0.2, 0.25) is 0 Å². The summed E-state index contributed by atoms with van der Waals surface area (Å²) in [6.45, 7) is 9.84. The molecule has 7 nitrogen and oxygen atoms in total. The molecule has 0 atom stereocenters. The topological polar surface area (TPSA) is 84.5 Å². The molecule has 2 aliphatic rings. The molecule has 0 aromatic heterocycles. The van der Waals surface area contributed by atoms with Crippen LogP contribution in [0.15, 0.2) is 35.3 Å². The summed E-state index contributed by atoms with van der Waals surface area (Å²) >= 11 is 0. The minimum atomic E-state index is -0.641. The first-order valence-corrected chi connectivity index (χ1v) is 10.9. The first kappa shape index (κ1) is 22.3. The monoisotopic (exact) mass is 414 g/mol. The van der Waals surface area contributed by atoms with Crippen LogP contribution in [-0.2, 0) is 14.4 Å². The maximum absolute atomic E-state index is 12.2. The van der Waals surface area contributed by atoms with Gasteiger partial charge in [-0.25, -0.2) is 0 Å². The number of anilines is 1. The highest BCUT2D eigenvalue weighted by Gasteiger charge is 2.38. The molecule has 1 heterocycles. The Hall–Kier alpha value is -2.38. The van der Waals surface area contributed by atoms with E-state index in [-0.39, 0.29) is 22.9 Å². The third-order valence-corrected chi connectivity index (χ3v) is 5.98. The summed E-state index contributed by atoms with van der Waals surface area (Å²) in [5.41, 5.74) is 0.616. The third-order valence-electron chi connectivity index (χ3n) is 5.98. The van der Waals surface area contributed by atoms with Gasteiger partial charge in [-0.05, 0) is 17.5 Å². The number of rotatable bonds is 7. The van der Waals surface area contributed by atoms with Crippen LogP contribution >= 0.6 is 0 Å². The van der Waals surface area contributed by atoms with Crippen molar-refractivity contribution in [2.45, 2.75) is 26.7 Å². The quantitative estimate of drug-likeness (QED) is 0.398. The van der Waals surface area contributed by atoms with Crippen LogP contribution in [0.4, 0.5) is 5.69 Å². The van der Waals surface area contributed by atoms with E-state index in [0.29, 0.717) is 25.9 Å². The highest BCUT2D eigenvalue weighted by Crippen LogP contribution is 2.33. The number of amides is 1. The molecule has 1 amide bonds. The van der Waals surface area contributed by atoms with Gasteiger partial charge in [-0.2, -0.15) is 0 Å². The number of ketones is 2. The second-order valence-electron chi connectivity index (χ2n) is 9.32. The van der Waals surface area contributed by atoms with Crippen molar-refractivity contribution in [3.63, 3.8) is 0 Å². The number of piperazine rings is 1. The van der Waals surface area contributed by atoms with Crippen LogP contribution in [0.25, 0.3) is 0 Å². The van der Waals surface area contributed by atoms with Crippen molar-refractivity contribution >= 4 is 29.4 Å². The minimum absolute atomic E-state index is 0.00154. The van der Waals surface area contributed by atoms with Crippen molar-refractivity contribution in [1.82, 2.24) is 0 Å². The van der Waals surface area contributed by atoms with Gasteiger partial charge < -0.3 is 15.1 Å². The zero-order chi connectivity index (χ0) is 21.6. The number of benzene rings is 1. The first-order valence-electron chi connectivity index (χ1n) is 10.9. The van der Waals surface area contributed by atoms with Gasteiger partial charge in [0.25, 0.3) is 5.91 Å². The summed E-state index contributed by atoms with van der Waals surface area (Å²) in [7, 11) is 0. The van der Waals surface area contributed by atoms with Crippen LogP contribution in [-0.4, -0.2) is 69.5 Å². The molecule has 1 saturated heterocycles. The Morgan fingerprint density at radius 3 is 2.30 bits per heavy atom. The second kappa shape index (κ2) is 10.1. The maximum atomic E-state index is 12.2. The Bertz CT molecular complexity index is 763. The van der Waals surface area contributed by atoms with Crippen LogP contribution in [0.1, 0.15) is 26.7 Å². The molecule has 162 valence electrons. The van der Waals surface area contributed by atoms with Crippen molar-refractivity contribution in [2.24, 2.45) is 16.3 Å². The second-order valence-corrected chi connectivity index (χ2v) is 9.32. The average molecular weight is 415 g/mol. The molecule has 3 N–H and O–H groups in total. The normalized spacial score (nSPS) is 24.9. The molecule has 1 aromatic carbocycles. The Morgan fingerprint density at radius 2 is 1.67 bits per heavy atom. The lowest BCUT2D eigenvalue weighted by Crippen LogP contribution is -3.28. The lowest BCUT2D eigenvalue weighted by atomic mass is 9.72. The molecule has 30 heavy (non-hydrogen) atoms. The van der Waals surface area contributed by atoms with E-state index >= 15 is 0 Å². The van der Waals surface area contributed by atoms with E-state index in [0.717, 1.165) is 38.4 Å².